The molecule has 24 heavy (non-hydrogen) atoms. The van der Waals surface area contributed by atoms with E-state index in [9.17, 15) is 9.18 Å². The summed E-state index contributed by atoms with van der Waals surface area (Å²) in [5, 5.41) is 2.62. The molecule has 3 rings (SSSR count). The Morgan fingerprint density at radius 2 is 2.04 bits per heavy atom. The first-order valence-electron chi connectivity index (χ1n) is 7.86. The van der Waals surface area contributed by atoms with Gasteiger partial charge in [-0.3, -0.25) is 4.79 Å². The third kappa shape index (κ3) is 3.82. The molecule has 0 unspecified atom stereocenters. The van der Waals surface area contributed by atoms with Gasteiger partial charge in [-0.15, -0.1) is 0 Å². The van der Waals surface area contributed by atoms with Crippen molar-refractivity contribution in [1.82, 2.24) is 9.97 Å². The van der Waals surface area contributed by atoms with Gasteiger partial charge < -0.3 is 10.2 Å². The molecule has 7 heteroatoms. The Morgan fingerprint density at radius 3 is 2.75 bits per heavy atom. The van der Waals surface area contributed by atoms with Crippen LogP contribution in [0.2, 0.25) is 5.02 Å². The van der Waals surface area contributed by atoms with Crippen molar-refractivity contribution in [2.45, 2.75) is 19.8 Å². The maximum absolute atomic E-state index is 13.2. The largest absolute Gasteiger partial charge is 0.356 e. The van der Waals surface area contributed by atoms with E-state index in [-0.39, 0.29) is 16.6 Å². The molecule has 1 aromatic heterocycles. The number of rotatable bonds is 3. The normalized spacial score (nSPS) is 15.4. The number of halogens is 2. The van der Waals surface area contributed by atoms with Crippen LogP contribution in [0.5, 0.6) is 0 Å². The van der Waals surface area contributed by atoms with Gasteiger partial charge in [0.2, 0.25) is 0 Å². The predicted octanol–water partition coefficient (Wildman–Crippen LogP) is 3.76. The highest BCUT2D eigenvalue weighted by Gasteiger charge is 2.18. The smallest absolute Gasteiger partial charge is 0.274 e. The summed E-state index contributed by atoms with van der Waals surface area (Å²) in [6, 6.07) is 5.70. The van der Waals surface area contributed by atoms with Gasteiger partial charge in [0.15, 0.2) is 0 Å². The summed E-state index contributed by atoms with van der Waals surface area (Å²) in [7, 11) is 0. The molecule has 1 saturated heterocycles. The van der Waals surface area contributed by atoms with Crippen molar-refractivity contribution in [1.29, 1.82) is 0 Å². The van der Waals surface area contributed by atoms with E-state index in [4.69, 9.17) is 11.6 Å². The van der Waals surface area contributed by atoms with Gasteiger partial charge in [0, 0.05) is 24.8 Å². The summed E-state index contributed by atoms with van der Waals surface area (Å²) in [6.07, 6.45) is 3.61. The molecule has 5 nitrogen and oxygen atoms in total. The molecule has 1 N–H and O–H groups in total. The lowest BCUT2D eigenvalue weighted by Gasteiger charge is -2.31. The predicted molar refractivity (Wildman–Crippen MR) is 92.0 cm³/mol. The highest BCUT2D eigenvalue weighted by Crippen LogP contribution is 2.22. The molecule has 1 aliphatic rings. The van der Waals surface area contributed by atoms with Crippen molar-refractivity contribution in [3.8, 4) is 0 Å². The molecular weight excluding hydrogens is 331 g/mol. The fourth-order valence-electron chi connectivity index (χ4n) is 2.65. The fraction of sp³-hybridized carbons (Fsp3) is 0.353. The summed E-state index contributed by atoms with van der Waals surface area (Å²) in [6.45, 7) is 4.09. The number of carbonyl (C=O) groups is 1. The van der Waals surface area contributed by atoms with Crippen LogP contribution in [0, 0.1) is 11.7 Å². The molecule has 1 aromatic carbocycles. The first-order chi connectivity index (χ1) is 11.5. The summed E-state index contributed by atoms with van der Waals surface area (Å²) < 4.78 is 13.2. The van der Waals surface area contributed by atoms with Crippen molar-refractivity contribution < 1.29 is 9.18 Å². The molecule has 1 aliphatic heterocycles. The van der Waals surface area contributed by atoms with Crippen molar-refractivity contribution >= 4 is 29.0 Å². The average molecular weight is 349 g/mol. The number of piperidine rings is 1. The number of aromatic nitrogens is 2. The second kappa shape index (κ2) is 7.13. The van der Waals surface area contributed by atoms with E-state index in [0.717, 1.165) is 31.7 Å². The number of nitrogens with one attached hydrogen (secondary N) is 1. The van der Waals surface area contributed by atoms with Crippen LogP contribution >= 0.6 is 11.6 Å². The van der Waals surface area contributed by atoms with Crippen LogP contribution in [0.4, 0.5) is 15.9 Å². The molecule has 2 heterocycles. The maximum atomic E-state index is 13.2. The Morgan fingerprint density at radius 1 is 1.29 bits per heavy atom. The topological polar surface area (TPSA) is 58.1 Å². The standard InChI is InChI=1S/C17H18ClFN4O/c1-11-4-6-23(7-5-11)16-9-15(20-10-21-16)17(24)22-12-2-3-14(19)13(18)8-12/h2-3,8-11H,4-7H2,1H3,(H,22,24). The van der Waals surface area contributed by atoms with Gasteiger partial charge in [0.1, 0.15) is 23.7 Å². The Bertz CT molecular complexity index is 747. The molecular formula is C17H18ClFN4O. The summed E-state index contributed by atoms with van der Waals surface area (Å²) in [5.74, 6) is 0.554. The van der Waals surface area contributed by atoms with Gasteiger partial charge in [0.05, 0.1) is 5.02 Å². The number of nitrogens with zero attached hydrogens (tertiary/aromatic N) is 3. The number of carbonyl (C=O) groups excluding carboxylic acids is 1. The molecule has 126 valence electrons. The van der Waals surface area contributed by atoms with Gasteiger partial charge >= 0.3 is 0 Å². The van der Waals surface area contributed by atoms with Gasteiger partial charge in [-0.1, -0.05) is 18.5 Å². The van der Waals surface area contributed by atoms with E-state index in [1.165, 1.54) is 24.5 Å². The molecule has 0 spiro atoms. The van der Waals surface area contributed by atoms with Crippen LogP contribution in [0.25, 0.3) is 0 Å². The van der Waals surface area contributed by atoms with E-state index in [1.54, 1.807) is 6.07 Å². The average Bonchev–Trinajstić information content (AvgIpc) is 2.59. The van der Waals surface area contributed by atoms with Crippen molar-refractivity contribution in [3.05, 3.63) is 47.1 Å². The zero-order valence-electron chi connectivity index (χ0n) is 13.3. The van der Waals surface area contributed by atoms with Crippen LogP contribution in [-0.4, -0.2) is 29.0 Å². The molecule has 1 amide bonds. The number of anilines is 2. The molecule has 0 bridgehead atoms. The molecule has 0 atom stereocenters. The van der Waals surface area contributed by atoms with Crippen molar-refractivity contribution in [2.24, 2.45) is 5.92 Å². The van der Waals surface area contributed by atoms with Crippen LogP contribution < -0.4 is 10.2 Å². The van der Waals surface area contributed by atoms with E-state index in [1.807, 2.05) is 0 Å². The van der Waals surface area contributed by atoms with E-state index in [2.05, 4.69) is 27.1 Å². The summed E-state index contributed by atoms with van der Waals surface area (Å²) in [4.78, 5) is 22.8. The first-order valence-corrected chi connectivity index (χ1v) is 8.24. The Hall–Kier alpha value is -2.21. The quantitative estimate of drug-likeness (QED) is 0.917. The van der Waals surface area contributed by atoms with Crippen LogP contribution in [0.3, 0.4) is 0 Å². The molecule has 0 aliphatic carbocycles. The second-order valence-electron chi connectivity index (χ2n) is 6.01. The van der Waals surface area contributed by atoms with Gasteiger partial charge in [-0.25, -0.2) is 14.4 Å². The molecule has 1 fully saturated rings. The van der Waals surface area contributed by atoms with Crippen molar-refractivity contribution in [2.75, 3.05) is 23.3 Å². The monoisotopic (exact) mass is 348 g/mol. The summed E-state index contributed by atoms with van der Waals surface area (Å²) in [5.41, 5.74) is 0.678. The van der Waals surface area contributed by atoms with Crippen molar-refractivity contribution in [3.63, 3.8) is 0 Å². The van der Waals surface area contributed by atoms with Gasteiger partial charge in [-0.2, -0.15) is 0 Å². The minimum atomic E-state index is -0.529. The number of hydrogen-bond donors (Lipinski definition) is 1. The lowest BCUT2D eigenvalue weighted by molar-refractivity contribution is 0.102. The van der Waals surface area contributed by atoms with Crippen LogP contribution in [-0.2, 0) is 0 Å². The van der Waals surface area contributed by atoms with Crippen LogP contribution in [0.15, 0.2) is 30.6 Å². The Labute approximate surface area is 144 Å². The number of benzene rings is 1. The maximum Gasteiger partial charge on any atom is 0.274 e. The molecule has 0 radical (unpaired) electrons. The van der Waals surface area contributed by atoms with Gasteiger partial charge in [-0.05, 0) is 37.0 Å². The SMILES string of the molecule is CC1CCN(c2cc(C(=O)Nc3ccc(F)c(Cl)c3)ncn2)CC1. The van der Waals surface area contributed by atoms with E-state index in [0.29, 0.717) is 11.6 Å². The molecule has 2 aromatic rings. The van der Waals surface area contributed by atoms with E-state index >= 15 is 0 Å². The number of hydrogen-bond acceptors (Lipinski definition) is 4. The Kier molecular flexibility index (Phi) is 4.94. The number of amides is 1. The van der Waals surface area contributed by atoms with Crippen LogP contribution in [0.1, 0.15) is 30.3 Å². The first kappa shape index (κ1) is 16.6. The molecule has 0 saturated carbocycles. The Balaban J connectivity index is 1.73. The minimum absolute atomic E-state index is 0.0430. The second-order valence-corrected chi connectivity index (χ2v) is 6.42. The summed E-state index contributed by atoms with van der Waals surface area (Å²) >= 11 is 5.72. The van der Waals surface area contributed by atoms with Gasteiger partial charge in [0.25, 0.3) is 5.91 Å². The highest BCUT2D eigenvalue weighted by atomic mass is 35.5. The highest BCUT2D eigenvalue weighted by molar-refractivity contribution is 6.31. The lowest BCUT2D eigenvalue weighted by Crippen LogP contribution is -2.33. The fourth-order valence-corrected chi connectivity index (χ4v) is 2.83. The zero-order valence-corrected chi connectivity index (χ0v) is 14.1. The zero-order chi connectivity index (χ0) is 17.1. The lowest BCUT2D eigenvalue weighted by atomic mass is 9.99. The minimum Gasteiger partial charge on any atom is -0.356 e. The third-order valence-corrected chi connectivity index (χ3v) is 4.46. The third-order valence-electron chi connectivity index (χ3n) is 4.17. The van der Waals surface area contributed by atoms with E-state index < -0.39 is 5.82 Å².